The second-order valence-electron chi connectivity index (χ2n) is 4.76. The number of nitro groups is 1. The molecule has 0 saturated carbocycles. The number of para-hydroxylation sites is 1. The second-order valence-corrected chi connectivity index (χ2v) is 5.17. The maximum Gasteiger partial charge on any atom is 0.339 e. The minimum absolute atomic E-state index is 0.0997. The van der Waals surface area contributed by atoms with Gasteiger partial charge in [-0.05, 0) is 30.4 Å². The molecule has 0 aliphatic heterocycles. The summed E-state index contributed by atoms with van der Waals surface area (Å²) in [5.74, 6) is -0.238. The molecular formula is C16H15N3O5S. The van der Waals surface area contributed by atoms with E-state index in [1.165, 1.54) is 32.4 Å². The van der Waals surface area contributed by atoms with Crippen molar-refractivity contribution in [2.24, 2.45) is 0 Å². The van der Waals surface area contributed by atoms with Gasteiger partial charge >= 0.3 is 5.97 Å². The smallest absolute Gasteiger partial charge is 0.339 e. The standard InChI is InChI=1S/C16H15N3O5S/c1-23-14-9-10(19(21)22)7-8-13(14)18-16(25)17-12-6-4-3-5-11(12)15(20)24-2/h3-9H,1-2H3,(H2,17,18,25). The van der Waals surface area contributed by atoms with Gasteiger partial charge in [0.2, 0.25) is 0 Å². The number of rotatable bonds is 5. The third-order valence-electron chi connectivity index (χ3n) is 3.22. The highest BCUT2D eigenvalue weighted by atomic mass is 32.1. The molecule has 25 heavy (non-hydrogen) atoms. The zero-order valence-electron chi connectivity index (χ0n) is 13.4. The van der Waals surface area contributed by atoms with Crippen LogP contribution in [0.15, 0.2) is 42.5 Å². The number of hydrogen-bond donors (Lipinski definition) is 2. The number of anilines is 2. The Hall–Kier alpha value is -3.20. The largest absolute Gasteiger partial charge is 0.494 e. The van der Waals surface area contributed by atoms with Crippen molar-refractivity contribution in [3.05, 3.63) is 58.1 Å². The van der Waals surface area contributed by atoms with Crippen LogP contribution in [-0.2, 0) is 4.74 Å². The molecule has 130 valence electrons. The van der Waals surface area contributed by atoms with Gasteiger partial charge in [0.25, 0.3) is 5.69 Å². The molecule has 8 nitrogen and oxygen atoms in total. The number of nitrogens with zero attached hydrogens (tertiary/aromatic N) is 1. The van der Waals surface area contributed by atoms with Crippen LogP contribution in [-0.4, -0.2) is 30.2 Å². The van der Waals surface area contributed by atoms with Crippen LogP contribution in [0.4, 0.5) is 17.1 Å². The highest BCUT2D eigenvalue weighted by Crippen LogP contribution is 2.29. The van der Waals surface area contributed by atoms with Gasteiger partial charge in [-0.2, -0.15) is 0 Å². The number of carbonyl (C=O) groups is 1. The van der Waals surface area contributed by atoms with E-state index in [4.69, 9.17) is 21.7 Å². The van der Waals surface area contributed by atoms with Gasteiger partial charge in [-0.3, -0.25) is 10.1 Å². The number of non-ortho nitro benzene ring substituents is 1. The van der Waals surface area contributed by atoms with Gasteiger partial charge in [0.15, 0.2) is 5.11 Å². The third-order valence-corrected chi connectivity index (χ3v) is 3.43. The molecule has 0 atom stereocenters. The first-order valence-electron chi connectivity index (χ1n) is 7.04. The fourth-order valence-corrected chi connectivity index (χ4v) is 2.27. The molecule has 2 aromatic carbocycles. The first kappa shape index (κ1) is 18.1. The van der Waals surface area contributed by atoms with Gasteiger partial charge in [-0.25, -0.2) is 4.79 Å². The number of thiocarbonyl (C=S) groups is 1. The zero-order chi connectivity index (χ0) is 18.4. The Morgan fingerprint density at radius 3 is 2.44 bits per heavy atom. The highest BCUT2D eigenvalue weighted by Gasteiger charge is 2.14. The normalized spacial score (nSPS) is 9.84. The summed E-state index contributed by atoms with van der Waals surface area (Å²) < 4.78 is 9.86. The monoisotopic (exact) mass is 361 g/mol. The predicted molar refractivity (Wildman–Crippen MR) is 97.3 cm³/mol. The van der Waals surface area contributed by atoms with Crippen LogP contribution in [0.2, 0.25) is 0 Å². The maximum absolute atomic E-state index is 11.8. The number of methoxy groups -OCH3 is 2. The van der Waals surface area contributed by atoms with E-state index >= 15 is 0 Å². The van der Waals surface area contributed by atoms with E-state index in [1.54, 1.807) is 24.3 Å². The van der Waals surface area contributed by atoms with Crippen LogP contribution in [0.25, 0.3) is 0 Å². The van der Waals surface area contributed by atoms with Crippen molar-refractivity contribution in [2.75, 3.05) is 24.9 Å². The summed E-state index contributed by atoms with van der Waals surface area (Å²) in [5.41, 5.74) is 1.14. The highest BCUT2D eigenvalue weighted by molar-refractivity contribution is 7.80. The molecule has 0 aliphatic carbocycles. The van der Waals surface area contributed by atoms with Gasteiger partial charge in [0.1, 0.15) is 5.75 Å². The average Bonchev–Trinajstić information content (AvgIpc) is 2.61. The lowest BCUT2D eigenvalue weighted by atomic mass is 10.2. The fourth-order valence-electron chi connectivity index (χ4n) is 2.05. The topological polar surface area (TPSA) is 103 Å². The maximum atomic E-state index is 11.8. The van der Waals surface area contributed by atoms with E-state index in [0.29, 0.717) is 16.9 Å². The van der Waals surface area contributed by atoms with E-state index < -0.39 is 10.9 Å². The Labute approximate surface area is 148 Å². The predicted octanol–water partition coefficient (Wildman–Crippen LogP) is 3.20. The van der Waals surface area contributed by atoms with Crippen LogP contribution >= 0.6 is 12.2 Å². The summed E-state index contributed by atoms with van der Waals surface area (Å²) in [5, 5.41) is 16.8. The van der Waals surface area contributed by atoms with Crippen molar-refractivity contribution < 1.29 is 19.2 Å². The number of ether oxygens (including phenoxy) is 2. The molecule has 0 amide bonds. The van der Waals surface area contributed by atoms with Gasteiger partial charge in [-0.15, -0.1) is 0 Å². The Kier molecular flexibility index (Phi) is 5.85. The van der Waals surface area contributed by atoms with Crippen molar-refractivity contribution in [3.8, 4) is 5.75 Å². The van der Waals surface area contributed by atoms with Crippen molar-refractivity contribution in [2.45, 2.75) is 0 Å². The van der Waals surface area contributed by atoms with Gasteiger partial charge in [-0.1, -0.05) is 12.1 Å². The van der Waals surface area contributed by atoms with E-state index in [2.05, 4.69) is 10.6 Å². The molecule has 0 aliphatic rings. The summed E-state index contributed by atoms with van der Waals surface area (Å²) in [4.78, 5) is 22.1. The molecule has 0 saturated heterocycles. The molecular weight excluding hydrogens is 346 g/mol. The van der Waals surface area contributed by atoms with Gasteiger partial charge < -0.3 is 20.1 Å². The van der Waals surface area contributed by atoms with Crippen molar-refractivity contribution in [3.63, 3.8) is 0 Å². The number of carbonyl (C=O) groups excluding carboxylic acids is 1. The molecule has 0 spiro atoms. The number of esters is 1. The molecule has 0 heterocycles. The Morgan fingerprint density at radius 1 is 1.12 bits per heavy atom. The first-order chi connectivity index (χ1) is 12.0. The molecule has 0 fully saturated rings. The summed E-state index contributed by atoms with van der Waals surface area (Å²) in [6, 6.07) is 10.8. The van der Waals surface area contributed by atoms with Crippen molar-refractivity contribution in [1.29, 1.82) is 0 Å². The van der Waals surface area contributed by atoms with Gasteiger partial charge in [0, 0.05) is 6.07 Å². The summed E-state index contributed by atoms with van der Waals surface area (Å²) in [6.07, 6.45) is 0. The van der Waals surface area contributed by atoms with Crippen molar-refractivity contribution in [1.82, 2.24) is 0 Å². The second kappa shape index (κ2) is 8.06. The molecule has 0 bridgehead atoms. The summed E-state index contributed by atoms with van der Waals surface area (Å²) in [6.45, 7) is 0. The van der Waals surface area contributed by atoms with Crippen LogP contribution < -0.4 is 15.4 Å². The summed E-state index contributed by atoms with van der Waals surface area (Å²) >= 11 is 5.23. The fraction of sp³-hybridized carbons (Fsp3) is 0.125. The van der Waals surface area contributed by atoms with E-state index in [0.717, 1.165) is 0 Å². The molecule has 0 unspecified atom stereocenters. The zero-order valence-corrected chi connectivity index (χ0v) is 14.3. The van der Waals surface area contributed by atoms with Crippen LogP contribution in [0.5, 0.6) is 5.75 Å². The molecule has 2 N–H and O–H groups in total. The Morgan fingerprint density at radius 2 is 1.80 bits per heavy atom. The van der Waals surface area contributed by atoms with Crippen LogP contribution in [0.3, 0.4) is 0 Å². The van der Waals surface area contributed by atoms with E-state index in [-0.39, 0.29) is 16.5 Å². The Bertz CT molecular complexity index is 825. The van der Waals surface area contributed by atoms with E-state index in [9.17, 15) is 14.9 Å². The van der Waals surface area contributed by atoms with Crippen LogP contribution in [0, 0.1) is 10.1 Å². The minimum Gasteiger partial charge on any atom is -0.494 e. The molecule has 2 rings (SSSR count). The van der Waals surface area contributed by atoms with Gasteiger partial charge in [0.05, 0.1) is 42.1 Å². The lowest BCUT2D eigenvalue weighted by Crippen LogP contribution is -2.21. The number of benzene rings is 2. The SMILES string of the molecule is COC(=O)c1ccccc1NC(=S)Nc1ccc([N+](=O)[O-])cc1OC. The van der Waals surface area contributed by atoms with E-state index in [1.807, 2.05) is 0 Å². The lowest BCUT2D eigenvalue weighted by molar-refractivity contribution is -0.384. The first-order valence-corrected chi connectivity index (χ1v) is 7.45. The molecule has 9 heteroatoms. The molecule has 2 aromatic rings. The lowest BCUT2D eigenvalue weighted by Gasteiger charge is -2.15. The van der Waals surface area contributed by atoms with Crippen LogP contribution in [0.1, 0.15) is 10.4 Å². The molecule has 0 radical (unpaired) electrons. The third kappa shape index (κ3) is 4.42. The minimum atomic E-state index is -0.518. The number of nitro benzene ring substituents is 1. The Balaban J connectivity index is 2.19. The number of nitrogens with one attached hydrogen (secondary N) is 2. The average molecular weight is 361 g/mol. The quantitative estimate of drug-likeness (QED) is 0.362. The number of hydrogen-bond acceptors (Lipinski definition) is 6. The summed E-state index contributed by atoms with van der Waals surface area (Å²) in [7, 11) is 2.69. The molecule has 0 aromatic heterocycles. The van der Waals surface area contributed by atoms with Crippen molar-refractivity contribution >= 4 is 40.4 Å².